The zero-order valence-corrected chi connectivity index (χ0v) is 17.8. The Morgan fingerprint density at radius 1 is 1.06 bits per heavy atom. The Bertz CT molecular complexity index is 1280. The van der Waals surface area contributed by atoms with E-state index < -0.39 is 5.97 Å². The SMILES string of the molecule is COc1ccc(-c2csc3ncn(CC(=O)OCc4ccccc4)c(=O)c23)cc1OC. The smallest absolute Gasteiger partial charge is 0.326 e. The van der Waals surface area contributed by atoms with Crippen LogP contribution in [0.5, 0.6) is 11.5 Å². The summed E-state index contributed by atoms with van der Waals surface area (Å²) in [5.41, 5.74) is 2.11. The molecule has 4 rings (SSSR count). The predicted octanol–water partition coefficient (Wildman–Crippen LogP) is 3.89. The summed E-state index contributed by atoms with van der Waals surface area (Å²) in [6, 6.07) is 14.8. The number of esters is 1. The van der Waals surface area contributed by atoms with Gasteiger partial charge in [-0.2, -0.15) is 0 Å². The van der Waals surface area contributed by atoms with Gasteiger partial charge in [0.25, 0.3) is 5.56 Å². The second-order valence-corrected chi connectivity index (χ2v) is 7.58. The van der Waals surface area contributed by atoms with Gasteiger partial charge in [-0.15, -0.1) is 11.3 Å². The minimum absolute atomic E-state index is 0.152. The molecule has 2 aromatic carbocycles. The molecule has 0 fully saturated rings. The molecule has 0 bridgehead atoms. The van der Waals surface area contributed by atoms with Crippen molar-refractivity contribution in [3.63, 3.8) is 0 Å². The van der Waals surface area contributed by atoms with E-state index in [1.807, 2.05) is 47.8 Å². The average Bonchev–Trinajstić information content (AvgIpc) is 3.24. The van der Waals surface area contributed by atoms with Crippen LogP contribution in [0.4, 0.5) is 0 Å². The van der Waals surface area contributed by atoms with E-state index in [1.165, 1.54) is 22.2 Å². The maximum atomic E-state index is 13.1. The lowest BCUT2D eigenvalue weighted by atomic mass is 10.1. The molecule has 0 unspecified atom stereocenters. The van der Waals surface area contributed by atoms with E-state index >= 15 is 0 Å². The van der Waals surface area contributed by atoms with Crippen molar-refractivity contribution in [1.82, 2.24) is 9.55 Å². The monoisotopic (exact) mass is 436 g/mol. The molecule has 0 saturated heterocycles. The van der Waals surface area contributed by atoms with Crippen molar-refractivity contribution in [2.45, 2.75) is 13.2 Å². The van der Waals surface area contributed by atoms with Crippen molar-refractivity contribution in [3.8, 4) is 22.6 Å². The molecule has 0 atom stereocenters. The van der Waals surface area contributed by atoms with Gasteiger partial charge in [0.1, 0.15) is 18.0 Å². The zero-order chi connectivity index (χ0) is 21.8. The molecular formula is C23H20N2O5S. The minimum Gasteiger partial charge on any atom is -0.493 e. The van der Waals surface area contributed by atoms with Gasteiger partial charge in [-0.05, 0) is 23.3 Å². The lowest BCUT2D eigenvalue weighted by Crippen LogP contribution is -2.25. The molecule has 7 nitrogen and oxygen atoms in total. The van der Waals surface area contributed by atoms with Crippen LogP contribution in [-0.2, 0) is 22.7 Å². The fourth-order valence-electron chi connectivity index (χ4n) is 3.22. The number of aromatic nitrogens is 2. The average molecular weight is 436 g/mol. The van der Waals surface area contributed by atoms with Crippen LogP contribution < -0.4 is 15.0 Å². The molecule has 2 aromatic heterocycles. The summed E-state index contributed by atoms with van der Waals surface area (Å²) in [5.74, 6) is 0.658. The largest absolute Gasteiger partial charge is 0.493 e. The molecule has 0 radical (unpaired) electrons. The van der Waals surface area contributed by atoms with Gasteiger partial charge in [0.05, 0.1) is 25.9 Å². The van der Waals surface area contributed by atoms with Crippen molar-refractivity contribution in [3.05, 3.63) is 76.2 Å². The Balaban J connectivity index is 1.62. The number of fused-ring (bicyclic) bond motifs is 1. The number of ether oxygens (including phenoxy) is 3. The highest BCUT2D eigenvalue weighted by atomic mass is 32.1. The van der Waals surface area contributed by atoms with Crippen LogP contribution in [-0.4, -0.2) is 29.7 Å². The van der Waals surface area contributed by atoms with Gasteiger partial charge in [0.2, 0.25) is 0 Å². The summed E-state index contributed by atoms with van der Waals surface area (Å²) in [6.45, 7) is -0.0603. The van der Waals surface area contributed by atoms with E-state index in [0.717, 1.165) is 16.7 Å². The van der Waals surface area contributed by atoms with Crippen LogP contribution in [0, 0.1) is 0 Å². The van der Waals surface area contributed by atoms with E-state index in [9.17, 15) is 9.59 Å². The molecule has 4 aromatic rings. The second-order valence-electron chi connectivity index (χ2n) is 6.72. The third-order valence-electron chi connectivity index (χ3n) is 4.80. The Hall–Kier alpha value is -3.65. The number of rotatable bonds is 7. The number of nitrogens with zero attached hydrogens (tertiary/aromatic N) is 2. The summed E-state index contributed by atoms with van der Waals surface area (Å²) in [6.07, 6.45) is 1.38. The van der Waals surface area contributed by atoms with Gasteiger partial charge in [-0.25, -0.2) is 4.98 Å². The third-order valence-corrected chi connectivity index (χ3v) is 5.68. The van der Waals surface area contributed by atoms with Crippen molar-refractivity contribution < 1.29 is 19.0 Å². The van der Waals surface area contributed by atoms with Crippen LogP contribution in [0.3, 0.4) is 0 Å². The standard InChI is InChI=1S/C23H20N2O5S/c1-28-18-9-8-16(10-19(18)29-2)17-13-31-22-21(17)23(27)25(14-24-22)11-20(26)30-12-15-6-4-3-5-7-15/h3-10,13-14H,11-12H2,1-2H3. The third kappa shape index (κ3) is 4.29. The van der Waals surface area contributed by atoms with Gasteiger partial charge >= 0.3 is 5.97 Å². The molecule has 0 N–H and O–H groups in total. The van der Waals surface area contributed by atoms with Gasteiger partial charge in [-0.3, -0.25) is 14.2 Å². The number of benzene rings is 2. The van der Waals surface area contributed by atoms with Crippen molar-refractivity contribution in [2.24, 2.45) is 0 Å². The first-order valence-electron chi connectivity index (χ1n) is 9.49. The normalized spacial score (nSPS) is 10.8. The van der Waals surface area contributed by atoms with Crippen molar-refractivity contribution >= 4 is 27.5 Å². The summed E-state index contributed by atoms with van der Waals surface area (Å²) in [7, 11) is 3.12. The summed E-state index contributed by atoms with van der Waals surface area (Å²) < 4.78 is 17.2. The summed E-state index contributed by atoms with van der Waals surface area (Å²) in [4.78, 5) is 30.4. The second kappa shape index (κ2) is 9.01. The number of methoxy groups -OCH3 is 2. The molecule has 8 heteroatoms. The molecule has 0 amide bonds. The van der Waals surface area contributed by atoms with E-state index in [-0.39, 0.29) is 18.7 Å². The lowest BCUT2D eigenvalue weighted by Gasteiger charge is -2.10. The number of hydrogen-bond acceptors (Lipinski definition) is 7. The van der Waals surface area contributed by atoms with E-state index in [4.69, 9.17) is 14.2 Å². The van der Waals surface area contributed by atoms with Crippen LogP contribution in [0.1, 0.15) is 5.56 Å². The first-order chi connectivity index (χ1) is 15.1. The van der Waals surface area contributed by atoms with Gasteiger partial charge in [-0.1, -0.05) is 36.4 Å². The zero-order valence-electron chi connectivity index (χ0n) is 17.0. The Kier molecular flexibility index (Phi) is 5.99. The highest BCUT2D eigenvalue weighted by Gasteiger charge is 2.16. The Morgan fingerprint density at radius 2 is 1.84 bits per heavy atom. The molecule has 2 heterocycles. The summed E-state index contributed by atoms with van der Waals surface area (Å²) >= 11 is 1.37. The first-order valence-corrected chi connectivity index (χ1v) is 10.4. The maximum absolute atomic E-state index is 13.1. The fourth-order valence-corrected chi connectivity index (χ4v) is 4.13. The highest BCUT2D eigenvalue weighted by Crippen LogP contribution is 2.36. The Morgan fingerprint density at radius 3 is 2.58 bits per heavy atom. The van der Waals surface area contributed by atoms with Crippen LogP contribution in [0.2, 0.25) is 0 Å². The molecule has 31 heavy (non-hydrogen) atoms. The molecule has 0 aliphatic rings. The van der Waals surface area contributed by atoms with Crippen molar-refractivity contribution in [2.75, 3.05) is 14.2 Å². The number of thiophene rings is 1. The number of carbonyl (C=O) groups is 1. The predicted molar refractivity (Wildman–Crippen MR) is 119 cm³/mol. The van der Waals surface area contributed by atoms with Gasteiger partial charge < -0.3 is 14.2 Å². The molecule has 0 aliphatic carbocycles. The molecule has 0 spiro atoms. The molecule has 0 saturated carbocycles. The van der Waals surface area contributed by atoms with E-state index in [0.29, 0.717) is 21.7 Å². The fraction of sp³-hybridized carbons (Fsp3) is 0.174. The van der Waals surface area contributed by atoms with Crippen LogP contribution in [0.25, 0.3) is 21.3 Å². The topological polar surface area (TPSA) is 79.7 Å². The Labute approximate surface area is 182 Å². The minimum atomic E-state index is -0.505. The highest BCUT2D eigenvalue weighted by molar-refractivity contribution is 7.17. The molecular weight excluding hydrogens is 416 g/mol. The number of carbonyl (C=O) groups excluding carboxylic acids is 1. The number of hydrogen-bond donors (Lipinski definition) is 0. The van der Waals surface area contributed by atoms with Crippen LogP contribution >= 0.6 is 11.3 Å². The first kappa shape index (κ1) is 20.6. The van der Waals surface area contributed by atoms with E-state index in [2.05, 4.69) is 4.98 Å². The molecule has 0 aliphatic heterocycles. The van der Waals surface area contributed by atoms with E-state index in [1.54, 1.807) is 20.3 Å². The maximum Gasteiger partial charge on any atom is 0.326 e. The van der Waals surface area contributed by atoms with Crippen molar-refractivity contribution in [1.29, 1.82) is 0 Å². The van der Waals surface area contributed by atoms with Crippen LogP contribution in [0.15, 0.2) is 65.0 Å². The molecule has 158 valence electrons. The quantitative estimate of drug-likeness (QED) is 0.409. The van der Waals surface area contributed by atoms with Gasteiger partial charge in [0.15, 0.2) is 11.5 Å². The van der Waals surface area contributed by atoms with Gasteiger partial charge in [0, 0.05) is 10.9 Å². The lowest BCUT2D eigenvalue weighted by molar-refractivity contribution is -0.145. The summed E-state index contributed by atoms with van der Waals surface area (Å²) in [5, 5.41) is 2.33.